The van der Waals surface area contributed by atoms with E-state index in [4.69, 9.17) is 5.73 Å². The molecule has 0 bridgehead atoms. The number of nitrogen functional groups attached to an aromatic ring is 1. The molecule has 0 fully saturated rings. The maximum Gasteiger partial charge on any atom is 0.179 e. The van der Waals surface area contributed by atoms with Crippen LogP contribution in [0, 0.1) is 6.92 Å². The molecule has 2 aromatic heterocycles. The van der Waals surface area contributed by atoms with Crippen LogP contribution in [0.15, 0.2) is 26.1 Å². The fourth-order valence-electron chi connectivity index (χ4n) is 0.953. The SMILES string of the molecule is Cc1nnc(Sc2c(N)cncc2Br)s1. The van der Waals surface area contributed by atoms with Gasteiger partial charge in [0.1, 0.15) is 5.01 Å². The predicted molar refractivity (Wildman–Crippen MR) is 65.1 cm³/mol. The fourth-order valence-corrected chi connectivity index (χ4v) is 3.31. The summed E-state index contributed by atoms with van der Waals surface area (Å²) in [4.78, 5) is 4.91. The van der Waals surface area contributed by atoms with Gasteiger partial charge in [-0.15, -0.1) is 10.2 Å². The first kappa shape index (κ1) is 10.8. The number of aryl methyl sites for hydroxylation is 1. The van der Waals surface area contributed by atoms with Crippen LogP contribution in [0.3, 0.4) is 0 Å². The molecule has 0 unspecified atom stereocenters. The van der Waals surface area contributed by atoms with Crippen LogP contribution < -0.4 is 5.73 Å². The van der Waals surface area contributed by atoms with Gasteiger partial charge in [0.25, 0.3) is 0 Å². The zero-order chi connectivity index (χ0) is 10.8. The molecule has 2 N–H and O–H groups in total. The summed E-state index contributed by atoms with van der Waals surface area (Å²) in [6, 6.07) is 0. The molecule has 15 heavy (non-hydrogen) atoms. The highest BCUT2D eigenvalue weighted by Crippen LogP contribution is 2.37. The third kappa shape index (κ3) is 2.47. The molecule has 2 aromatic rings. The normalized spacial score (nSPS) is 10.5. The third-order valence-corrected chi connectivity index (χ3v) is 4.49. The maximum atomic E-state index is 5.82. The molecule has 7 heteroatoms. The second-order valence-electron chi connectivity index (χ2n) is 2.73. The molecule has 0 amide bonds. The summed E-state index contributed by atoms with van der Waals surface area (Å²) in [6.45, 7) is 1.92. The average Bonchev–Trinajstić information content (AvgIpc) is 2.58. The topological polar surface area (TPSA) is 64.7 Å². The van der Waals surface area contributed by atoms with Crippen molar-refractivity contribution >= 4 is 44.7 Å². The minimum absolute atomic E-state index is 0.641. The Kier molecular flexibility index (Phi) is 3.22. The summed E-state index contributed by atoms with van der Waals surface area (Å²) in [5, 5.41) is 8.92. The van der Waals surface area contributed by atoms with Crippen molar-refractivity contribution in [2.45, 2.75) is 16.2 Å². The number of hydrogen-bond donors (Lipinski definition) is 1. The zero-order valence-corrected chi connectivity index (χ0v) is 11.0. The zero-order valence-electron chi connectivity index (χ0n) is 7.77. The van der Waals surface area contributed by atoms with Crippen molar-refractivity contribution in [1.29, 1.82) is 0 Å². The summed E-state index contributed by atoms with van der Waals surface area (Å²) in [7, 11) is 0. The van der Waals surface area contributed by atoms with Gasteiger partial charge in [-0.2, -0.15) is 0 Å². The number of nitrogens with zero attached hydrogens (tertiary/aromatic N) is 3. The van der Waals surface area contributed by atoms with Crippen LogP contribution in [-0.4, -0.2) is 15.2 Å². The molecular formula is C8H7BrN4S2. The number of aromatic nitrogens is 3. The van der Waals surface area contributed by atoms with Gasteiger partial charge in [0.2, 0.25) is 0 Å². The first-order valence-corrected chi connectivity index (χ1v) is 6.46. The summed E-state index contributed by atoms with van der Waals surface area (Å²) in [5.41, 5.74) is 6.46. The van der Waals surface area contributed by atoms with E-state index in [2.05, 4.69) is 31.1 Å². The Morgan fingerprint density at radius 1 is 1.40 bits per heavy atom. The van der Waals surface area contributed by atoms with Crippen molar-refractivity contribution in [3.63, 3.8) is 0 Å². The standard InChI is InChI=1S/C8H7BrN4S2/c1-4-12-13-8(14-4)15-7-5(9)2-11-3-6(7)10/h2-3H,10H2,1H3. The van der Waals surface area contributed by atoms with Gasteiger partial charge in [0, 0.05) is 6.20 Å². The lowest BCUT2D eigenvalue weighted by molar-refractivity contribution is 0.983. The molecule has 0 radical (unpaired) electrons. The Labute approximate surface area is 103 Å². The number of rotatable bonds is 2. The quantitative estimate of drug-likeness (QED) is 0.924. The number of anilines is 1. The Morgan fingerprint density at radius 3 is 2.80 bits per heavy atom. The summed E-state index contributed by atoms with van der Waals surface area (Å²) in [5.74, 6) is 0. The van der Waals surface area contributed by atoms with E-state index in [1.54, 1.807) is 23.7 Å². The van der Waals surface area contributed by atoms with Gasteiger partial charge in [0.05, 0.1) is 21.3 Å². The van der Waals surface area contributed by atoms with Crippen molar-refractivity contribution in [2.24, 2.45) is 0 Å². The van der Waals surface area contributed by atoms with Crippen LogP contribution in [0.1, 0.15) is 5.01 Å². The van der Waals surface area contributed by atoms with Gasteiger partial charge in [0.15, 0.2) is 4.34 Å². The van der Waals surface area contributed by atoms with Crippen molar-refractivity contribution in [2.75, 3.05) is 5.73 Å². The van der Waals surface area contributed by atoms with Gasteiger partial charge in [-0.05, 0) is 22.9 Å². The summed E-state index contributed by atoms with van der Waals surface area (Å²) >= 11 is 6.44. The van der Waals surface area contributed by atoms with Crippen LogP contribution in [-0.2, 0) is 0 Å². The van der Waals surface area contributed by atoms with Gasteiger partial charge in [-0.3, -0.25) is 4.98 Å². The van der Waals surface area contributed by atoms with Gasteiger partial charge in [-0.1, -0.05) is 23.1 Å². The lowest BCUT2D eigenvalue weighted by Gasteiger charge is -2.03. The molecule has 78 valence electrons. The molecule has 0 aromatic carbocycles. The van der Waals surface area contributed by atoms with Crippen molar-refractivity contribution in [1.82, 2.24) is 15.2 Å². The number of halogens is 1. The minimum atomic E-state index is 0.641. The van der Waals surface area contributed by atoms with Gasteiger partial charge < -0.3 is 5.73 Å². The summed E-state index contributed by atoms with van der Waals surface area (Å²) in [6.07, 6.45) is 3.34. The lowest BCUT2D eigenvalue weighted by atomic mass is 10.4. The molecule has 0 saturated carbocycles. The molecule has 0 saturated heterocycles. The predicted octanol–water partition coefficient (Wildman–Crippen LogP) is 2.74. The minimum Gasteiger partial charge on any atom is -0.397 e. The fraction of sp³-hybridized carbons (Fsp3) is 0.125. The van der Waals surface area contributed by atoms with Crippen LogP contribution in [0.25, 0.3) is 0 Å². The Bertz CT molecular complexity index is 465. The highest BCUT2D eigenvalue weighted by molar-refractivity contribution is 9.10. The Morgan fingerprint density at radius 2 is 2.20 bits per heavy atom. The van der Waals surface area contributed by atoms with E-state index in [0.717, 1.165) is 18.7 Å². The molecule has 2 rings (SSSR count). The van der Waals surface area contributed by atoms with E-state index in [1.165, 1.54) is 11.8 Å². The smallest absolute Gasteiger partial charge is 0.179 e. The molecular weight excluding hydrogens is 296 g/mol. The Hall–Kier alpha value is -0.660. The second kappa shape index (κ2) is 4.46. The van der Waals surface area contributed by atoms with Crippen molar-refractivity contribution in [3.8, 4) is 0 Å². The highest BCUT2D eigenvalue weighted by atomic mass is 79.9. The van der Waals surface area contributed by atoms with Crippen LogP contribution >= 0.6 is 39.0 Å². The molecule has 4 nitrogen and oxygen atoms in total. The third-order valence-electron chi connectivity index (χ3n) is 1.58. The first-order valence-electron chi connectivity index (χ1n) is 4.04. The monoisotopic (exact) mass is 302 g/mol. The molecule has 0 aliphatic carbocycles. The van der Waals surface area contributed by atoms with Crippen LogP contribution in [0.4, 0.5) is 5.69 Å². The van der Waals surface area contributed by atoms with E-state index < -0.39 is 0 Å². The number of hydrogen-bond acceptors (Lipinski definition) is 6. The molecule has 0 aliphatic rings. The lowest BCUT2D eigenvalue weighted by Crippen LogP contribution is -1.90. The van der Waals surface area contributed by atoms with Gasteiger partial charge in [-0.25, -0.2) is 0 Å². The van der Waals surface area contributed by atoms with Gasteiger partial charge >= 0.3 is 0 Å². The molecule has 2 heterocycles. The van der Waals surface area contributed by atoms with E-state index >= 15 is 0 Å². The van der Waals surface area contributed by atoms with E-state index in [1.807, 2.05) is 6.92 Å². The van der Waals surface area contributed by atoms with E-state index in [0.29, 0.717) is 5.69 Å². The summed E-state index contributed by atoms with van der Waals surface area (Å²) < 4.78 is 1.76. The second-order valence-corrected chi connectivity index (χ2v) is 6.02. The average molecular weight is 303 g/mol. The van der Waals surface area contributed by atoms with E-state index in [9.17, 15) is 0 Å². The molecule has 0 atom stereocenters. The van der Waals surface area contributed by atoms with Crippen molar-refractivity contribution < 1.29 is 0 Å². The van der Waals surface area contributed by atoms with Crippen LogP contribution in [0.5, 0.6) is 0 Å². The molecule has 0 aliphatic heterocycles. The van der Waals surface area contributed by atoms with E-state index in [-0.39, 0.29) is 0 Å². The van der Waals surface area contributed by atoms with Crippen LogP contribution in [0.2, 0.25) is 0 Å². The highest BCUT2D eigenvalue weighted by Gasteiger charge is 2.09. The maximum absolute atomic E-state index is 5.82. The number of pyridine rings is 1. The largest absolute Gasteiger partial charge is 0.397 e. The first-order chi connectivity index (χ1) is 7.16. The number of nitrogens with two attached hydrogens (primary N) is 1. The van der Waals surface area contributed by atoms with Crippen molar-refractivity contribution in [3.05, 3.63) is 21.9 Å². The Balaban J connectivity index is 2.31. The molecule has 0 spiro atoms.